The van der Waals surface area contributed by atoms with Crippen LogP contribution in [0.2, 0.25) is 0 Å². The zero-order chi connectivity index (χ0) is 12.3. The molecule has 1 amide bonds. The van der Waals surface area contributed by atoms with Crippen LogP contribution in [0.15, 0.2) is 18.5 Å². The summed E-state index contributed by atoms with van der Waals surface area (Å²) in [6.45, 7) is 0.808. The van der Waals surface area contributed by atoms with E-state index < -0.39 is 6.04 Å². The van der Waals surface area contributed by atoms with Gasteiger partial charge in [-0.15, -0.1) is 0 Å². The number of aromatic nitrogens is 2. The van der Waals surface area contributed by atoms with Gasteiger partial charge in [-0.05, 0) is 12.5 Å². The van der Waals surface area contributed by atoms with Gasteiger partial charge in [-0.1, -0.05) is 0 Å². The predicted octanol–water partition coefficient (Wildman–Crippen LogP) is 0.0471. The largest absolute Gasteiger partial charge is 0.462 e. The third kappa shape index (κ3) is 2.64. The van der Waals surface area contributed by atoms with Crippen LogP contribution >= 0.6 is 0 Å². The number of carbonyl (C=O) groups is 2. The fourth-order valence-electron chi connectivity index (χ4n) is 1.85. The second-order valence-corrected chi connectivity index (χ2v) is 4.00. The Morgan fingerprint density at radius 1 is 1.65 bits per heavy atom. The van der Waals surface area contributed by atoms with E-state index in [9.17, 15) is 9.59 Å². The van der Waals surface area contributed by atoms with E-state index in [1.807, 2.05) is 6.07 Å². The van der Waals surface area contributed by atoms with Crippen molar-refractivity contribution in [2.75, 3.05) is 13.7 Å². The zero-order valence-electron chi connectivity index (χ0n) is 9.70. The first-order valence-corrected chi connectivity index (χ1v) is 5.58. The smallest absolute Gasteiger partial charge is 0.328 e. The molecule has 0 spiro atoms. The van der Waals surface area contributed by atoms with Crippen LogP contribution in [0.3, 0.4) is 0 Å². The van der Waals surface area contributed by atoms with Gasteiger partial charge in [0.05, 0.1) is 6.54 Å². The molecule has 0 unspecified atom stereocenters. The maximum Gasteiger partial charge on any atom is 0.328 e. The molecule has 1 aromatic rings. The molecule has 1 atom stereocenters. The summed E-state index contributed by atoms with van der Waals surface area (Å²) in [5.74, 6) is -0.329. The average molecular weight is 237 g/mol. The van der Waals surface area contributed by atoms with Crippen LogP contribution in [0, 0.1) is 0 Å². The van der Waals surface area contributed by atoms with Gasteiger partial charge in [0.15, 0.2) is 0 Å². The SMILES string of the molecule is CN1C(=O)CC[C@@H]1C(=O)OCCn1cccn1. The molecule has 17 heavy (non-hydrogen) atoms. The van der Waals surface area contributed by atoms with Crippen molar-refractivity contribution in [2.45, 2.75) is 25.4 Å². The van der Waals surface area contributed by atoms with Gasteiger partial charge < -0.3 is 9.64 Å². The lowest BCUT2D eigenvalue weighted by Crippen LogP contribution is -2.36. The van der Waals surface area contributed by atoms with Crippen molar-refractivity contribution in [3.8, 4) is 0 Å². The molecule has 0 aromatic carbocycles. The molecule has 6 nitrogen and oxygen atoms in total. The summed E-state index contributed by atoms with van der Waals surface area (Å²) in [4.78, 5) is 24.4. The Labute approximate surface area is 99.1 Å². The highest BCUT2D eigenvalue weighted by Crippen LogP contribution is 2.17. The van der Waals surface area contributed by atoms with Crippen LogP contribution in [0.25, 0.3) is 0 Å². The van der Waals surface area contributed by atoms with E-state index in [0.717, 1.165) is 0 Å². The number of nitrogens with zero attached hydrogens (tertiary/aromatic N) is 3. The van der Waals surface area contributed by atoms with E-state index in [-0.39, 0.29) is 18.5 Å². The zero-order valence-corrected chi connectivity index (χ0v) is 9.70. The van der Waals surface area contributed by atoms with Crippen molar-refractivity contribution in [1.82, 2.24) is 14.7 Å². The summed E-state index contributed by atoms with van der Waals surface area (Å²) < 4.78 is 6.82. The first-order chi connectivity index (χ1) is 8.18. The number of carbonyl (C=O) groups excluding carboxylic acids is 2. The van der Waals surface area contributed by atoms with Gasteiger partial charge >= 0.3 is 5.97 Å². The molecule has 0 bridgehead atoms. The Hall–Kier alpha value is -1.85. The molecule has 2 heterocycles. The number of hydrogen-bond acceptors (Lipinski definition) is 4. The fourth-order valence-corrected chi connectivity index (χ4v) is 1.85. The van der Waals surface area contributed by atoms with Crippen molar-refractivity contribution in [2.24, 2.45) is 0 Å². The van der Waals surface area contributed by atoms with Gasteiger partial charge in [0.2, 0.25) is 5.91 Å². The van der Waals surface area contributed by atoms with E-state index in [4.69, 9.17) is 4.74 Å². The number of ether oxygens (including phenoxy) is 1. The standard InChI is InChI=1S/C11H15N3O3/c1-13-9(3-4-10(13)15)11(16)17-8-7-14-6-2-5-12-14/h2,5-6,9H,3-4,7-8H2,1H3/t9-/m1/s1. The van der Waals surface area contributed by atoms with Crippen LogP contribution in [0.1, 0.15) is 12.8 Å². The molecule has 2 rings (SSSR count). The summed E-state index contributed by atoms with van der Waals surface area (Å²) in [5, 5.41) is 4.00. The fraction of sp³-hybridized carbons (Fsp3) is 0.545. The number of amides is 1. The van der Waals surface area contributed by atoms with Crippen LogP contribution in [0.4, 0.5) is 0 Å². The van der Waals surface area contributed by atoms with E-state index in [1.165, 1.54) is 4.90 Å². The van der Waals surface area contributed by atoms with E-state index in [1.54, 1.807) is 24.1 Å². The van der Waals surface area contributed by atoms with Crippen LogP contribution < -0.4 is 0 Å². The highest BCUT2D eigenvalue weighted by Gasteiger charge is 2.34. The van der Waals surface area contributed by atoms with E-state index in [2.05, 4.69) is 5.10 Å². The first-order valence-electron chi connectivity index (χ1n) is 5.58. The molecular formula is C11H15N3O3. The summed E-state index contributed by atoms with van der Waals surface area (Å²) >= 11 is 0. The monoisotopic (exact) mass is 237 g/mol. The molecule has 0 aliphatic carbocycles. The van der Waals surface area contributed by atoms with Crippen molar-refractivity contribution in [1.29, 1.82) is 0 Å². The molecular weight excluding hydrogens is 222 g/mol. The molecule has 0 saturated carbocycles. The highest BCUT2D eigenvalue weighted by atomic mass is 16.5. The van der Waals surface area contributed by atoms with Crippen molar-refractivity contribution < 1.29 is 14.3 Å². The highest BCUT2D eigenvalue weighted by molar-refractivity contribution is 5.87. The van der Waals surface area contributed by atoms with Crippen molar-refractivity contribution >= 4 is 11.9 Å². The quantitative estimate of drug-likeness (QED) is 0.694. The van der Waals surface area contributed by atoms with Crippen LogP contribution in [0.5, 0.6) is 0 Å². The molecule has 92 valence electrons. The minimum atomic E-state index is -0.417. The van der Waals surface area contributed by atoms with Gasteiger partial charge in [0.1, 0.15) is 12.6 Å². The second kappa shape index (κ2) is 4.99. The summed E-state index contributed by atoms with van der Waals surface area (Å²) in [6.07, 6.45) is 4.45. The van der Waals surface area contributed by atoms with Crippen molar-refractivity contribution in [3.05, 3.63) is 18.5 Å². The van der Waals surface area contributed by atoms with Gasteiger partial charge in [-0.3, -0.25) is 9.48 Å². The number of likely N-dealkylation sites (N-methyl/N-ethyl adjacent to an activating group) is 1. The Kier molecular flexibility index (Phi) is 3.41. The van der Waals surface area contributed by atoms with Gasteiger partial charge in [0, 0.05) is 25.9 Å². The Balaban J connectivity index is 1.76. The normalized spacial score (nSPS) is 19.7. The number of esters is 1. The minimum absolute atomic E-state index is 0.000902. The van der Waals surface area contributed by atoms with E-state index in [0.29, 0.717) is 19.4 Å². The molecule has 1 fully saturated rings. The van der Waals surface area contributed by atoms with Crippen LogP contribution in [-0.2, 0) is 20.9 Å². The van der Waals surface area contributed by atoms with Crippen molar-refractivity contribution in [3.63, 3.8) is 0 Å². The molecule has 1 aliphatic heterocycles. The topological polar surface area (TPSA) is 64.4 Å². The van der Waals surface area contributed by atoms with Gasteiger partial charge in [0.25, 0.3) is 0 Å². The molecule has 0 N–H and O–H groups in total. The maximum atomic E-state index is 11.7. The van der Waals surface area contributed by atoms with E-state index >= 15 is 0 Å². The lowest BCUT2D eigenvalue weighted by Gasteiger charge is -2.18. The van der Waals surface area contributed by atoms with Gasteiger partial charge in [-0.2, -0.15) is 5.10 Å². The number of likely N-dealkylation sites (tertiary alicyclic amines) is 1. The Morgan fingerprint density at radius 3 is 3.06 bits per heavy atom. The minimum Gasteiger partial charge on any atom is -0.462 e. The average Bonchev–Trinajstić information content (AvgIpc) is 2.91. The maximum absolute atomic E-state index is 11.7. The second-order valence-electron chi connectivity index (χ2n) is 4.00. The molecule has 6 heteroatoms. The Morgan fingerprint density at radius 2 is 2.47 bits per heavy atom. The molecule has 1 aliphatic rings. The molecule has 1 aromatic heterocycles. The summed E-state index contributed by atoms with van der Waals surface area (Å²) in [7, 11) is 1.63. The number of rotatable bonds is 4. The summed E-state index contributed by atoms with van der Waals surface area (Å²) in [6, 6.07) is 1.39. The predicted molar refractivity (Wildman–Crippen MR) is 59.0 cm³/mol. The molecule has 1 saturated heterocycles. The van der Waals surface area contributed by atoms with Gasteiger partial charge in [-0.25, -0.2) is 4.79 Å². The Bertz CT molecular complexity index is 402. The number of hydrogen-bond donors (Lipinski definition) is 0. The summed E-state index contributed by atoms with van der Waals surface area (Å²) in [5.41, 5.74) is 0. The lowest BCUT2D eigenvalue weighted by molar-refractivity contribution is -0.151. The lowest BCUT2D eigenvalue weighted by atomic mass is 10.2. The molecule has 0 radical (unpaired) electrons. The third-order valence-corrected chi connectivity index (χ3v) is 2.89. The third-order valence-electron chi connectivity index (χ3n) is 2.89. The van der Waals surface area contributed by atoms with Crippen LogP contribution in [-0.4, -0.2) is 46.3 Å². The first kappa shape index (κ1) is 11.6.